The highest BCUT2D eigenvalue weighted by Gasteiger charge is 2.03. The van der Waals surface area contributed by atoms with Crippen LogP contribution in [0.25, 0.3) is 0 Å². The second-order valence-electron chi connectivity index (χ2n) is 4.88. The van der Waals surface area contributed by atoms with Gasteiger partial charge in [-0.2, -0.15) is 0 Å². The topological polar surface area (TPSA) is 106 Å². The van der Waals surface area contributed by atoms with Gasteiger partial charge < -0.3 is 15.4 Å². The minimum atomic E-state index is -3.44. The molecule has 128 valence electrons. The molecule has 0 rings (SSSR count). The molecule has 0 saturated carbocycles. The molecule has 0 aliphatic heterocycles. The summed E-state index contributed by atoms with van der Waals surface area (Å²) in [5.41, 5.74) is 0. The van der Waals surface area contributed by atoms with Crippen LogP contribution >= 0.6 is 24.0 Å². The van der Waals surface area contributed by atoms with E-state index in [2.05, 4.69) is 29.5 Å². The first-order valence-electron chi connectivity index (χ1n) is 6.95. The van der Waals surface area contributed by atoms with Crippen LogP contribution in [-0.2, 0) is 14.8 Å². The maximum atomic E-state index is 10.8. The Hall–Kier alpha value is -0.130. The van der Waals surface area contributed by atoms with Crippen molar-refractivity contribution in [3.63, 3.8) is 0 Å². The number of sulfonamides is 1. The number of primary sulfonamides is 1. The van der Waals surface area contributed by atoms with Crippen molar-refractivity contribution in [2.24, 2.45) is 16.0 Å². The van der Waals surface area contributed by atoms with Gasteiger partial charge in [0.05, 0.1) is 5.75 Å². The van der Waals surface area contributed by atoms with Crippen molar-refractivity contribution < 1.29 is 13.2 Å². The summed E-state index contributed by atoms with van der Waals surface area (Å²) >= 11 is 0. The zero-order chi connectivity index (χ0) is 15.4. The van der Waals surface area contributed by atoms with Crippen molar-refractivity contribution in [1.29, 1.82) is 0 Å². The van der Waals surface area contributed by atoms with Crippen LogP contribution in [0.4, 0.5) is 0 Å². The van der Waals surface area contributed by atoms with Crippen LogP contribution in [0.3, 0.4) is 0 Å². The molecule has 0 heterocycles. The average Bonchev–Trinajstić information content (AvgIpc) is 2.31. The lowest BCUT2D eigenvalue weighted by Gasteiger charge is -2.11. The van der Waals surface area contributed by atoms with E-state index in [1.807, 2.05) is 6.92 Å². The molecule has 4 N–H and O–H groups in total. The van der Waals surface area contributed by atoms with E-state index < -0.39 is 10.0 Å². The fourth-order valence-corrected chi connectivity index (χ4v) is 1.72. The Morgan fingerprint density at radius 2 is 2.00 bits per heavy atom. The number of nitrogens with zero attached hydrogens (tertiary/aromatic N) is 1. The van der Waals surface area contributed by atoms with Gasteiger partial charge >= 0.3 is 0 Å². The van der Waals surface area contributed by atoms with E-state index in [-0.39, 0.29) is 36.3 Å². The predicted molar refractivity (Wildman–Crippen MR) is 97.6 cm³/mol. The van der Waals surface area contributed by atoms with Gasteiger partial charge in [-0.05, 0) is 19.3 Å². The molecule has 0 amide bonds. The summed E-state index contributed by atoms with van der Waals surface area (Å²) in [7, 11) is -3.44. The van der Waals surface area contributed by atoms with Crippen molar-refractivity contribution in [2.45, 2.75) is 27.2 Å². The highest BCUT2D eigenvalue weighted by atomic mass is 127. The number of aliphatic imine (C=N–C) groups is 1. The summed E-state index contributed by atoms with van der Waals surface area (Å²) in [4.78, 5) is 4.33. The van der Waals surface area contributed by atoms with E-state index in [4.69, 9.17) is 9.88 Å². The molecule has 0 spiro atoms. The van der Waals surface area contributed by atoms with Crippen molar-refractivity contribution in [3.8, 4) is 0 Å². The third-order valence-electron chi connectivity index (χ3n) is 2.19. The molecule has 7 nitrogen and oxygen atoms in total. The van der Waals surface area contributed by atoms with Crippen LogP contribution in [0.2, 0.25) is 0 Å². The number of hydrogen-bond acceptors (Lipinski definition) is 4. The van der Waals surface area contributed by atoms with Crippen molar-refractivity contribution in [2.75, 3.05) is 38.6 Å². The van der Waals surface area contributed by atoms with Gasteiger partial charge in [-0.15, -0.1) is 24.0 Å². The summed E-state index contributed by atoms with van der Waals surface area (Å²) in [6.45, 7) is 9.19. The highest BCUT2D eigenvalue weighted by Crippen LogP contribution is 1.93. The molecule has 0 saturated heterocycles. The SMILES string of the molecule is CCNC(=NCCCOCC(C)C)NCCS(N)(=O)=O.I. The molecule has 0 aromatic heterocycles. The third kappa shape index (κ3) is 17.8. The molecule has 21 heavy (non-hydrogen) atoms. The zero-order valence-electron chi connectivity index (χ0n) is 13.1. The second-order valence-corrected chi connectivity index (χ2v) is 6.61. The highest BCUT2D eigenvalue weighted by molar-refractivity contribution is 14.0. The maximum absolute atomic E-state index is 10.8. The molecule has 0 bridgehead atoms. The normalized spacial score (nSPS) is 12.1. The van der Waals surface area contributed by atoms with E-state index in [0.29, 0.717) is 31.6 Å². The summed E-state index contributed by atoms with van der Waals surface area (Å²) in [6, 6.07) is 0. The van der Waals surface area contributed by atoms with Crippen LogP contribution in [0.1, 0.15) is 27.2 Å². The van der Waals surface area contributed by atoms with E-state index in [1.165, 1.54) is 0 Å². The fraction of sp³-hybridized carbons (Fsp3) is 0.917. The third-order valence-corrected chi connectivity index (χ3v) is 2.96. The molecule has 0 unspecified atom stereocenters. The molecule has 0 aliphatic rings. The molecule has 0 atom stereocenters. The number of nitrogens with two attached hydrogens (primary N) is 1. The Balaban J connectivity index is 0. The summed E-state index contributed by atoms with van der Waals surface area (Å²) in [5.74, 6) is 1.02. The predicted octanol–water partition coefficient (Wildman–Crippen LogP) is 0.511. The van der Waals surface area contributed by atoms with Crippen LogP contribution in [-0.4, -0.2) is 53.0 Å². The number of nitrogens with one attached hydrogen (secondary N) is 2. The van der Waals surface area contributed by atoms with E-state index in [1.54, 1.807) is 0 Å². The molecule has 0 fully saturated rings. The molecular formula is C12H29IN4O3S. The average molecular weight is 436 g/mol. The van der Waals surface area contributed by atoms with Crippen LogP contribution in [0.15, 0.2) is 4.99 Å². The fourth-order valence-electron chi connectivity index (χ4n) is 1.33. The molecular weight excluding hydrogens is 407 g/mol. The van der Waals surface area contributed by atoms with Crippen molar-refractivity contribution in [1.82, 2.24) is 10.6 Å². The van der Waals surface area contributed by atoms with E-state index in [9.17, 15) is 8.42 Å². The van der Waals surface area contributed by atoms with Crippen LogP contribution in [0.5, 0.6) is 0 Å². The molecule has 0 radical (unpaired) electrons. The van der Waals surface area contributed by atoms with Gasteiger partial charge in [-0.25, -0.2) is 13.6 Å². The van der Waals surface area contributed by atoms with Gasteiger partial charge in [0.25, 0.3) is 0 Å². The first-order valence-corrected chi connectivity index (χ1v) is 8.67. The van der Waals surface area contributed by atoms with Gasteiger partial charge in [-0.1, -0.05) is 13.8 Å². The Morgan fingerprint density at radius 1 is 1.33 bits per heavy atom. The minimum Gasteiger partial charge on any atom is -0.381 e. The maximum Gasteiger partial charge on any atom is 0.210 e. The number of hydrogen-bond donors (Lipinski definition) is 3. The lowest BCUT2D eigenvalue weighted by molar-refractivity contribution is 0.109. The van der Waals surface area contributed by atoms with E-state index >= 15 is 0 Å². The molecule has 9 heteroatoms. The Bertz CT molecular complexity index is 375. The Morgan fingerprint density at radius 3 is 2.52 bits per heavy atom. The standard InChI is InChI=1S/C12H28N4O3S.HI/c1-4-14-12(16-7-9-20(13,17)18)15-6-5-8-19-10-11(2)3;/h11H,4-10H2,1-3H3,(H2,13,17,18)(H2,14,15,16);1H. The van der Waals surface area contributed by atoms with Gasteiger partial charge in [0.15, 0.2) is 5.96 Å². The van der Waals surface area contributed by atoms with Crippen molar-refractivity contribution >= 4 is 40.0 Å². The Labute approximate surface area is 145 Å². The van der Waals surface area contributed by atoms with Crippen molar-refractivity contribution in [3.05, 3.63) is 0 Å². The minimum absolute atomic E-state index is 0. The zero-order valence-corrected chi connectivity index (χ0v) is 16.2. The van der Waals surface area contributed by atoms with Crippen LogP contribution < -0.4 is 15.8 Å². The van der Waals surface area contributed by atoms with Crippen LogP contribution in [0, 0.1) is 5.92 Å². The van der Waals surface area contributed by atoms with Gasteiger partial charge in [-0.3, -0.25) is 4.99 Å². The molecule has 0 aromatic carbocycles. The number of halogens is 1. The monoisotopic (exact) mass is 436 g/mol. The molecule has 0 aromatic rings. The summed E-state index contributed by atoms with van der Waals surface area (Å²) < 4.78 is 27.1. The first-order chi connectivity index (χ1) is 9.35. The summed E-state index contributed by atoms with van der Waals surface area (Å²) in [5, 5.41) is 10.9. The smallest absolute Gasteiger partial charge is 0.210 e. The lowest BCUT2D eigenvalue weighted by Crippen LogP contribution is -2.40. The largest absolute Gasteiger partial charge is 0.381 e. The van der Waals surface area contributed by atoms with Gasteiger partial charge in [0.2, 0.25) is 10.0 Å². The first kappa shape index (κ1) is 23.1. The van der Waals surface area contributed by atoms with Gasteiger partial charge in [0.1, 0.15) is 0 Å². The number of guanidine groups is 1. The summed E-state index contributed by atoms with van der Waals surface area (Å²) in [6.07, 6.45) is 0.832. The number of ether oxygens (including phenoxy) is 1. The van der Waals surface area contributed by atoms with E-state index in [0.717, 1.165) is 13.0 Å². The molecule has 0 aliphatic carbocycles. The lowest BCUT2D eigenvalue weighted by atomic mass is 10.2. The Kier molecular flexibility index (Phi) is 14.9. The second kappa shape index (κ2) is 13.5. The van der Waals surface area contributed by atoms with Gasteiger partial charge in [0, 0.05) is 32.8 Å². The number of rotatable bonds is 10. The quantitative estimate of drug-likeness (QED) is 0.200.